The molecule has 3 saturated heterocycles. The lowest BCUT2D eigenvalue weighted by Gasteiger charge is -2.53. The molecular formula is C45H58O9. The van der Waals surface area contributed by atoms with Crippen LogP contribution in [0.1, 0.15) is 85.8 Å². The highest BCUT2D eigenvalue weighted by atomic mass is 16.7. The molecule has 9 nitrogen and oxygen atoms in total. The van der Waals surface area contributed by atoms with Crippen molar-refractivity contribution >= 4 is 11.8 Å². The molecule has 0 saturated carbocycles. The summed E-state index contributed by atoms with van der Waals surface area (Å²) in [5, 5.41) is 12.7. The van der Waals surface area contributed by atoms with E-state index in [0.717, 1.165) is 11.1 Å². The zero-order chi connectivity index (χ0) is 39.3. The lowest BCUT2D eigenvalue weighted by Crippen LogP contribution is -2.62. The van der Waals surface area contributed by atoms with Crippen molar-refractivity contribution in [2.45, 2.75) is 122 Å². The fourth-order valence-corrected chi connectivity index (χ4v) is 9.29. The number of benzene rings is 2. The average Bonchev–Trinajstić information content (AvgIpc) is 3.27. The zero-order valence-electron chi connectivity index (χ0n) is 33.5. The number of ether oxygens (including phenoxy) is 6. The van der Waals surface area contributed by atoms with Crippen molar-refractivity contribution in [1.29, 1.82) is 0 Å². The number of carbonyl (C=O) groups is 2. The van der Waals surface area contributed by atoms with E-state index >= 15 is 0 Å². The van der Waals surface area contributed by atoms with Crippen molar-refractivity contribution in [1.82, 2.24) is 0 Å². The van der Waals surface area contributed by atoms with E-state index in [4.69, 9.17) is 28.4 Å². The minimum absolute atomic E-state index is 0.00220. The molecule has 2 bridgehead atoms. The van der Waals surface area contributed by atoms with Gasteiger partial charge in [0.05, 0.1) is 37.4 Å². The van der Waals surface area contributed by atoms with Gasteiger partial charge in [-0.25, -0.2) is 0 Å². The lowest BCUT2D eigenvalue weighted by atomic mass is 9.61. The number of carbonyl (C=O) groups excluding carboxylic acids is 2. The molecule has 3 heterocycles. The molecule has 292 valence electrons. The molecule has 0 radical (unpaired) electrons. The van der Waals surface area contributed by atoms with Crippen molar-refractivity contribution in [3.63, 3.8) is 0 Å². The van der Waals surface area contributed by atoms with Crippen molar-refractivity contribution < 1.29 is 43.1 Å². The summed E-state index contributed by atoms with van der Waals surface area (Å²) in [5.41, 5.74) is -0.351. The minimum Gasteiger partial charge on any atom is -0.493 e. The molecule has 0 amide bonds. The van der Waals surface area contributed by atoms with Gasteiger partial charge in [0.15, 0.2) is 23.1 Å². The van der Waals surface area contributed by atoms with Crippen LogP contribution in [0.2, 0.25) is 0 Å². The fraction of sp³-hybridized carbons (Fsp3) is 0.556. The monoisotopic (exact) mass is 742 g/mol. The molecule has 2 aromatic carbocycles. The number of esters is 1. The first-order chi connectivity index (χ1) is 25.3. The molecule has 9 heteroatoms. The third-order valence-electron chi connectivity index (χ3n) is 11.9. The number of Topliss-reactive ketones (excluding diaryl/α,β-unsaturated/α-hetero) is 1. The Labute approximate surface area is 320 Å². The zero-order valence-corrected chi connectivity index (χ0v) is 33.5. The van der Waals surface area contributed by atoms with Crippen molar-refractivity contribution in [2.75, 3.05) is 20.3 Å². The second-order valence-electron chi connectivity index (χ2n) is 17.2. The van der Waals surface area contributed by atoms with Crippen LogP contribution in [0.25, 0.3) is 0 Å². The van der Waals surface area contributed by atoms with Crippen LogP contribution in [0.4, 0.5) is 0 Å². The van der Waals surface area contributed by atoms with Gasteiger partial charge in [0, 0.05) is 31.1 Å². The van der Waals surface area contributed by atoms with Gasteiger partial charge >= 0.3 is 5.97 Å². The van der Waals surface area contributed by atoms with Gasteiger partial charge in [0.2, 0.25) is 0 Å². The Morgan fingerprint density at radius 2 is 1.78 bits per heavy atom. The highest BCUT2D eigenvalue weighted by Gasteiger charge is 2.66. The molecule has 8 atom stereocenters. The number of hydrogen-bond donors (Lipinski definition) is 1. The molecule has 1 N–H and O–H groups in total. The van der Waals surface area contributed by atoms with Crippen LogP contribution in [-0.2, 0) is 41.4 Å². The van der Waals surface area contributed by atoms with E-state index in [1.54, 1.807) is 26.2 Å². The number of rotatable bonds is 9. The van der Waals surface area contributed by atoms with Gasteiger partial charge in [-0.3, -0.25) is 9.59 Å². The molecule has 0 unspecified atom stereocenters. The van der Waals surface area contributed by atoms with Gasteiger partial charge in [-0.2, -0.15) is 0 Å². The molecule has 54 heavy (non-hydrogen) atoms. The van der Waals surface area contributed by atoms with E-state index in [1.807, 2.05) is 71.0 Å². The first-order valence-corrected chi connectivity index (χ1v) is 19.2. The Balaban J connectivity index is 1.37. The lowest BCUT2D eigenvalue weighted by molar-refractivity contribution is -0.316. The normalized spacial score (nSPS) is 33.8. The Morgan fingerprint density at radius 1 is 1.06 bits per heavy atom. The van der Waals surface area contributed by atoms with Crippen LogP contribution in [0.3, 0.4) is 0 Å². The van der Waals surface area contributed by atoms with E-state index in [0.29, 0.717) is 47.5 Å². The summed E-state index contributed by atoms with van der Waals surface area (Å²) in [6, 6.07) is 15.5. The van der Waals surface area contributed by atoms with Crippen LogP contribution in [0.5, 0.6) is 11.5 Å². The molecular weight excluding hydrogens is 684 g/mol. The van der Waals surface area contributed by atoms with Crippen molar-refractivity contribution in [3.8, 4) is 11.5 Å². The summed E-state index contributed by atoms with van der Waals surface area (Å²) in [5.74, 6) is -2.11. The molecule has 3 fully saturated rings. The molecule has 0 aromatic heterocycles. The summed E-state index contributed by atoms with van der Waals surface area (Å²) in [6.45, 7) is 20.4. The van der Waals surface area contributed by atoms with E-state index in [1.165, 1.54) is 0 Å². The Hall–Kier alpha value is -3.76. The van der Waals surface area contributed by atoms with Gasteiger partial charge in [0.25, 0.3) is 0 Å². The number of ketones is 1. The smallest absolute Gasteiger partial charge is 0.310 e. The SMILES string of the molecule is C=C(C)[C@@]1(C)C[C@@H](C)[C@@]23OCC[C@](Cc4ccccc4)(O[C@@H](C)[C@@H]2C=C(COC(=O)Cc2ccc(OC(C)(C)C)c(OC)c2)C[C@]2(O)C(=O)C(C)=C[C@@H]32)O1. The minimum atomic E-state index is -1.81. The first kappa shape index (κ1) is 39.9. The van der Waals surface area contributed by atoms with Gasteiger partial charge < -0.3 is 33.5 Å². The highest BCUT2D eigenvalue weighted by molar-refractivity contribution is 6.04. The van der Waals surface area contributed by atoms with E-state index < -0.39 is 52.1 Å². The molecule has 5 aliphatic rings. The third-order valence-corrected chi connectivity index (χ3v) is 11.9. The highest BCUT2D eigenvalue weighted by Crippen LogP contribution is 2.58. The third kappa shape index (κ3) is 7.57. The number of fused-ring (bicyclic) bond motifs is 7. The predicted molar refractivity (Wildman–Crippen MR) is 206 cm³/mol. The molecule has 2 aliphatic carbocycles. The van der Waals surface area contributed by atoms with E-state index in [2.05, 4.69) is 32.6 Å². The number of methoxy groups -OCH3 is 1. The van der Waals surface area contributed by atoms with Crippen LogP contribution < -0.4 is 9.47 Å². The molecule has 7 rings (SSSR count). The summed E-state index contributed by atoms with van der Waals surface area (Å²) in [7, 11) is 1.56. The van der Waals surface area contributed by atoms with Crippen molar-refractivity contribution in [3.05, 3.63) is 95.1 Å². The fourth-order valence-electron chi connectivity index (χ4n) is 9.29. The Bertz CT molecular complexity index is 1820. The van der Waals surface area contributed by atoms with Crippen molar-refractivity contribution in [2.24, 2.45) is 17.8 Å². The van der Waals surface area contributed by atoms with Gasteiger partial charge in [0.1, 0.15) is 17.8 Å². The maximum atomic E-state index is 14.0. The maximum Gasteiger partial charge on any atom is 0.310 e. The van der Waals surface area contributed by atoms with Gasteiger partial charge in [-0.1, -0.05) is 62.1 Å². The number of hydrogen-bond acceptors (Lipinski definition) is 9. The standard InChI is InChI=1S/C45H58O9/c1-28(2)42(9)24-30(4)45-35(31(5)52-43(54-42,18-19-51-45)25-32-14-12-11-13-15-32)21-34(26-44(48)38(45)20-29(3)40(44)47)27-50-39(46)23-33-16-17-36(37(22-33)49-10)53-41(6,7)8/h11-17,20-22,30-31,35,38,48H,1,18-19,23-27H2,2-10H3/t30-,31+,35+,38-,42-,43+,44-,45-/m1/s1. The summed E-state index contributed by atoms with van der Waals surface area (Å²) >= 11 is 0. The molecule has 1 spiro atoms. The summed E-state index contributed by atoms with van der Waals surface area (Å²) < 4.78 is 39.1. The van der Waals surface area contributed by atoms with Crippen LogP contribution in [-0.4, -0.2) is 71.5 Å². The van der Waals surface area contributed by atoms with E-state index in [-0.39, 0.29) is 37.8 Å². The maximum absolute atomic E-state index is 14.0. The molecule has 2 aromatic rings. The predicted octanol–water partition coefficient (Wildman–Crippen LogP) is 7.68. The summed E-state index contributed by atoms with van der Waals surface area (Å²) in [6.07, 6.45) is 4.89. The summed E-state index contributed by atoms with van der Waals surface area (Å²) in [4.78, 5) is 27.5. The second-order valence-corrected chi connectivity index (χ2v) is 17.2. The number of aliphatic hydroxyl groups is 1. The quantitative estimate of drug-likeness (QED) is 0.205. The molecule has 3 aliphatic heterocycles. The van der Waals surface area contributed by atoms with Crippen LogP contribution in [0.15, 0.2) is 84.0 Å². The average molecular weight is 743 g/mol. The second kappa shape index (κ2) is 14.7. The van der Waals surface area contributed by atoms with Gasteiger partial charge in [-0.15, -0.1) is 0 Å². The van der Waals surface area contributed by atoms with Crippen LogP contribution >= 0.6 is 0 Å². The van der Waals surface area contributed by atoms with Gasteiger partial charge in [-0.05, 0) is 101 Å². The van der Waals surface area contributed by atoms with E-state index in [9.17, 15) is 14.7 Å². The largest absolute Gasteiger partial charge is 0.493 e. The topological polar surface area (TPSA) is 110 Å². The van der Waals surface area contributed by atoms with Crippen LogP contribution in [0, 0.1) is 17.8 Å². The Morgan fingerprint density at radius 3 is 2.44 bits per heavy atom. The Kier molecular flexibility index (Phi) is 10.9. The first-order valence-electron chi connectivity index (χ1n) is 19.2.